The maximum Gasteiger partial charge on any atom is 0.253 e. The van der Waals surface area contributed by atoms with Crippen molar-refractivity contribution in [2.24, 2.45) is 10.7 Å². The quantitative estimate of drug-likeness (QED) is 0.682. The molecule has 0 aliphatic heterocycles. The number of aliphatic imine (C=N–C) groups is 1. The molecule has 1 aromatic carbocycles. The first-order valence-corrected chi connectivity index (χ1v) is 8.63. The molecular formula is C20H22N6O. The van der Waals surface area contributed by atoms with Crippen LogP contribution in [0.4, 0.5) is 0 Å². The maximum atomic E-state index is 12.1. The topological polar surface area (TPSA) is 100 Å². The van der Waals surface area contributed by atoms with Crippen molar-refractivity contribution in [2.75, 3.05) is 20.6 Å². The van der Waals surface area contributed by atoms with E-state index in [1.54, 1.807) is 31.4 Å². The largest absolute Gasteiger partial charge is 0.404 e. The number of fused-ring (bicyclic) bond motifs is 1. The second-order valence-corrected chi connectivity index (χ2v) is 6.18. The molecule has 3 rings (SSSR count). The Labute approximate surface area is 157 Å². The van der Waals surface area contributed by atoms with Crippen LogP contribution in [-0.2, 0) is 0 Å². The highest BCUT2D eigenvalue weighted by molar-refractivity contribution is 6.09. The van der Waals surface area contributed by atoms with E-state index in [2.05, 4.69) is 15.0 Å². The van der Waals surface area contributed by atoms with Gasteiger partial charge >= 0.3 is 0 Å². The van der Waals surface area contributed by atoms with Crippen molar-refractivity contribution >= 4 is 28.9 Å². The lowest BCUT2D eigenvalue weighted by Gasteiger charge is -2.10. The summed E-state index contributed by atoms with van der Waals surface area (Å²) in [5.74, 6) is -0.0320. The highest BCUT2D eigenvalue weighted by atomic mass is 16.2. The highest BCUT2D eigenvalue weighted by Crippen LogP contribution is 2.27. The zero-order chi connectivity index (χ0) is 19.4. The third-order valence-electron chi connectivity index (χ3n) is 4.12. The Morgan fingerprint density at radius 3 is 2.67 bits per heavy atom. The molecule has 3 N–H and O–H groups in total. The third-order valence-corrected chi connectivity index (χ3v) is 4.12. The number of nitrogens with two attached hydrogens (primary N) is 1. The number of aromatic amines is 1. The molecule has 2 heterocycles. The summed E-state index contributed by atoms with van der Waals surface area (Å²) in [5.41, 5.74) is 11.0. The van der Waals surface area contributed by atoms with Crippen molar-refractivity contribution in [2.45, 2.75) is 6.92 Å². The number of carbonyl (C=O) groups excluding carboxylic acids is 1. The van der Waals surface area contributed by atoms with Crippen LogP contribution >= 0.6 is 0 Å². The first kappa shape index (κ1) is 18.3. The standard InChI is InChI=1S/C20H22N6O/c1-4-22-10-15(9-21)17-12-24-19-18(25-17)16(11-23-19)13-5-7-14(8-6-13)20(27)26(2)3/h5-12H,4,21H2,1-3H3,(H,23,24). The summed E-state index contributed by atoms with van der Waals surface area (Å²) in [5, 5.41) is 0. The fourth-order valence-corrected chi connectivity index (χ4v) is 2.69. The van der Waals surface area contributed by atoms with E-state index in [4.69, 9.17) is 10.7 Å². The predicted octanol–water partition coefficient (Wildman–Crippen LogP) is 2.72. The van der Waals surface area contributed by atoms with Gasteiger partial charge < -0.3 is 15.6 Å². The number of hydrogen-bond acceptors (Lipinski definition) is 5. The lowest BCUT2D eigenvalue weighted by molar-refractivity contribution is 0.0827. The summed E-state index contributed by atoms with van der Waals surface area (Å²) < 4.78 is 0. The van der Waals surface area contributed by atoms with Crippen LogP contribution in [0, 0.1) is 0 Å². The smallest absolute Gasteiger partial charge is 0.253 e. The van der Waals surface area contributed by atoms with Crippen molar-refractivity contribution in [3.63, 3.8) is 0 Å². The molecule has 0 saturated heterocycles. The van der Waals surface area contributed by atoms with Crippen LogP contribution in [0.25, 0.3) is 27.9 Å². The molecule has 2 aromatic heterocycles. The zero-order valence-corrected chi connectivity index (χ0v) is 15.6. The second-order valence-electron chi connectivity index (χ2n) is 6.18. The second kappa shape index (κ2) is 7.82. The van der Waals surface area contributed by atoms with Crippen molar-refractivity contribution in [3.05, 3.63) is 54.1 Å². The Kier molecular flexibility index (Phi) is 5.30. The molecule has 0 aliphatic rings. The summed E-state index contributed by atoms with van der Waals surface area (Å²) in [4.78, 5) is 30.1. The molecule has 27 heavy (non-hydrogen) atoms. The molecule has 7 heteroatoms. The fourth-order valence-electron chi connectivity index (χ4n) is 2.69. The average molecular weight is 362 g/mol. The van der Waals surface area contributed by atoms with E-state index in [0.29, 0.717) is 29.0 Å². The first-order valence-electron chi connectivity index (χ1n) is 8.63. The molecule has 0 radical (unpaired) electrons. The van der Waals surface area contributed by atoms with E-state index in [1.807, 2.05) is 37.4 Å². The number of allylic oxidation sites excluding steroid dienone is 1. The van der Waals surface area contributed by atoms with Crippen LogP contribution in [0.15, 0.2) is 47.9 Å². The van der Waals surface area contributed by atoms with Gasteiger partial charge in [0.25, 0.3) is 5.91 Å². The number of aromatic nitrogens is 3. The average Bonchev–Trinajstić information content (AvgIpc) is 3.11. The van der Waals surface area contributed by atoms with Crippen LogP contribution < -0.4 is 5.73 Å². The van der Waals surface area contributed by atoms with Crippen LogP contribution in [0.2, 0.25) is 0 Å². The monoisotopic (exact) mass is 362 g/mol. The van der Waals surface area contributed by atoms with Crippen LogP contribution in [0.1, 0.15) is 23.0 Å². The molecule has 0 fully saturated rings. The number of carbonyl (C=O) groups is 1. The Balaban J connectivity index is 2.01. The number of benzene rings is 1. The Hall–Kier alpha value is -3.48. The molecule has 7 nitrogen and oxygen atoms in total. The number of H-pyrrole nitrogens is 1. The molecule has 3 aromatic rings. The summed E-state index contributed by atoms with van der Waals surface area (Å²) in [6, 6.07) is 7.44. The molecule has 0 bridgehead atoms. The lowest BCUT2D eigenvalue weighted by Crippen LogP contribution is -2.21. The molecule has 0 spiro atoms. The van der Waals surface area contributed by atoms with E-state index < -0.39 is 0 Å². The summed E-state index contributed by atoms with van der Waals surface area (Å²) >= 11 is 0. The van der Waals surface area contributed by atoms with Gasteiger partial charge in [-0.15, -0.1) is 0 Å². The summed E-state index contributed by atoms with van der Waals surface area (Å²) in [6.07, 6.45) is 6.71. The van der Waals surface area contributed by atoms with Crippen LogP contribution in [0.3, 0.4) is 0 Å². The van der Waals surface area contributed by atoms with Crippen molar-refractivity contribution in [1.29, 1.82) is 0 Å². The minimum atomic E-state index is -0.0320. The normalized spacial score (nSPS) is 12.0. The summed E-state index contributed by atoms with van der Waals surface area (Å²) in [7, 11) is 3.47. The zero-order valence-electron chi connectivity index (χ0n) is 15.6. The highest BCUT2D eigenvalue weighted by Gasteiger charge is 2.13. The minimum Gasteiger partial charge on any atom is -0.404 e. The summed E-state index contributed by atoms with van der Waals surface area (Å²) in [6.45, 7) is 2.62. The van der Waals surface area contributed by atoms with Gasteiger partial charge in [-0.05, 0) is 24.6 Å². The lowest BCUT2D eigenvalue weighted by atomic mass is 10.1. The Bertz CT molecular complexity index is 1010. The third kappa shape index (κ3) is 3.72. The van der Waals surface area contributed by atoms with Gasteiger partial charge in [0.1, 0.15) is 5.52 Å². The van der Waals surface area contributed by atoms with Crippen molar-refractivity contribution in [3.8, 4) is 11.1 Å². The van der Waals surface area contributed by atoms with E-state index in [0.717, 1.165) is 16.6 Å². The molecule has 0 atom stereocenters. The van der Waals surface area contributed by atoms with Gasteiger partial charge in [0.05, 0.1) is 11.9 Å². The van der Waals surface area contributed by atoms with Crippen molar-refractivity contribution < 1.29 is 4.79 Å². The maximum absolute atomic E-state index is 12.1. The SMILES string of the molecule is CCN=CC(=CN)c1cnc2[nH]cc(-c3ccc(C(=O)N(C)C)cc3)c2n1. The fraction of sp³-hybridized carbons (Fsp3) is 0.200. The van der Waals surface area contributed by atoms with Crippen molar-refractivity contribution in [1.82, 2.24) is 19.9 Å². The molecule has 0 saturated carbocycles. The van der Waals surface area contributed by atoms with Crippen LogP contribution in [0.5, 0.6) is 0 Å². The first-order chi connectivity index (χ1) is 13.0. The molecule has 138 valence electrons. The predicted molar refractivity (Wildman–Crippen MR) is 109 cm³/mol. The van der Waals surface area contributed by atoms with Gasteiger partial charge in [0, 0.05) is 56.0 Å². The van der Waals surface area contributed by atoms with Gasteiger partial charge in [-0.1, -0.05) is 12.1 Å². The minimum absolute atomic E-state index is 0.0320. The Morgan fingerprint density at radius 1 is 1.30 bits per heavy atom. The van der Waals surface area contributed by atoms with Gasteiger partial charge in [-0.2, -0.15) is 0 Å². The van der Waals surface area contributed by atoms with E-state index in [9.17, 15) is 4.79 Å². The molecule has 0 aliphatic carbocycles. The number of hydrogen-bond donors (Lipinski definition) is 2. The number of nitrogens with one attached hydrogen (secondary N) is 1. The van der Waals surface area contributed by atoms with Crippen LogP contribution in [-0.4, -0.2) is 52.6 Å². The van der Waals surface area contributed by atoms with E-state index >= 15 is 0 Å². The molecule has 1 amide bonds. The van der Waals surface area contributed by atoms with Gasteiger partial charge in [-0.25, -0.2) is 9.97 Å². The van der Waals surface area contributed by atoms with E-state index in [-0.39, 0.29) is 5.91 Å². The number of nitrogens with zero attached hydrogens (tertiary/aromatic N) is 4. The van der Waals surface area contributed by atoms with E-state index in [1.165, 1.54) is 6.20 Å². The number of rotatable bonds is 5. The number of amides is 1. The molecular weight excluding hydrogens is 340 g/mol. The molecule has 0 unspecified atom stereocenters. The van der Waals surface area contributed by atoms with Gasteiger partial charge in [0.2, 0.25) is 0 Å². The van der Waals surface area contributed by atoms with Gasteiger partial charge in [0.15, 0.2) is 5.65 Å². The van der Waals surface area contributed by atoms with Gasteiger partial charge in [-0.3, -0.25) is 9.79 Å². The Morgan fingerprint density at radius 2 is 2.04 bits per heavy atom.